The zero-order valence-corrected chi connectivity index (χ0v) is 21.2. The van der Waals surface area contributed by atoms with Crippen LogP contribution in [0.25, 0.3) is 11.1 Å². The third kappa shape index (κ3) is 4.89. The van der Waals surface area contributed by atoms with Crippen molar-refractivity contribution in [2.75, 3.05) is 36.4 Å². The molecule has 188 valence electrons. The summed E-state index contributed by atoms with van der Waals surface area (Å²) in [6.45, 7) is 4.51. The Kier molecular flexibility index (Phi) is 6.72. The van der Waals surface area contributed by atoms with Crippen LogP contribution in [0.5, 0.6) is 0 Å². The van der Waals surface area contributed by atoms with Crippen molar-refractivity contribution in [3.8, 4) is 11.1 Å². The fourth-order valence-corrected chi connectivity index (χ4v) is 5.76. The van der Waals surface area contributed by atoms with Gasteiger partial charge in [-0.3, -0.25) is 9.69 Å². The monoisotopic (exact) mass is 511 g/mol. The molecule has 3 aromatic carbocycles. The van der Waals surface area contributed by atoms with E-state index in [2.05, 4.69) is 63.0 Å². The lowest BCUT2D eigenvalue weighted by Gasteiger charge is -2.30. The third-order valence-electron chi connectivity index (χ3n) is 7.13. The van der Waals surface area contributed by atoms with E-state index in [4.69, 9.17) is 0 Å². The summed E-state index contributed by atoms with van der Waals surface area (Å²) in [6.07, 6.45) is 0.762. The maximum atomic E-state index is 13.4. The Labute approximate surface area is 220 Å². The van der Waals surface area contributed by atoms with Crippen LogP contribution in [-0.2, 0) is 11.3 Å². The molecule has 0 spiro atoms. The number of benzene rings is 3. The fourth-order valence-electron chi connectivity index (χ4n) is 5.23. The van der Waals surface area contributed by atoms with Crippen molar-refractivity contribution in [3.05, 3.63) is 101 Å². The average Bonchev–Trinajstić information content (AvgIpc) is 3.58. The summed E-state index contributed by atoms with van der Waals surface area (Å²) in [6, 6.07) is 23.8. The Morgan fingerprint density at radius 3 is 2.51 bits per heavy atom. The van der Waals surface area contributed by atoms with Crippen molar-refractivity contribution in [2.45, 2.75) is 18.8 Å². The minimum atomic E-state index is -0.901. The molecule has 2 atom stereocenters. The first kappa shape index (κ1) is 23.8. The van der Waals surface area contributed by atoms with Crippen LogP contribution < -0.4 is 15.5 Å². The van der Waals surface area contributed by atoms with E-state index in [1.54, 1.807) is 6.20 Å². The first-order chi connectivity index (χ1) is 18.2. The van der Waals surface area contributed by atoms with E-state index < -0.39 is 12.3 Å². The highest BCUT2D eigenvalue weighted by atomic mass is 32.1. The number of fused-ring (bicyclic) bond motifs is 1. The molecule has 8 heteroatoms. The number of aromatic nitrogens is 1. The summed E-state index contributed by atoms with van der Waals surface area (Å²) in [5, 5.41) is 20.1. The van der Waals surface area contributed by atoms with Crippen molar-refractivity contribution in [1.29, 1.82) is 0 Å². The van der Waals surface area contributed by atoms with Gasteiger partial charge in [0.25, 0.3) is 0 Å². The van der Waals surface area contributed by atoms with E-state index >= 15 is 0 Å². The third-order valence-corrected chi connectivity index (χ3v) is 7.82. The number of amides is 1. The zero-order valence-electron chi connectivity index (χ0n) is 20.4. The second-order valence-corrected chi connectivity index (χ2v) is 10.3. The number of aliphatic hydroxyl groups excluding tert-OH is 1. The van der Waals surface area contributed by atoms with Gasteiger partial charge in [-0.25, -0.2) is 4.98 Å². The van der Waals surface area contributed by atoms with Crippen LogP contribution in [0.1, 0.15) is 29.0 Å². The molecule has 2 aliphatic heterocycles. The van der Waals surface area contributed by atoms with Crippen molar-refractivity contribution in [2.24, 2.45) is 0 Å². The maximum Gasteiger partial charge on any atom is 0.248 e. The smallest absolute Gasteiger partial charge is 0.248 e. The molecule has 0 aliphatic carbocycles. The lowest BCUT2D eigenvalue weighted by molar-refractivity contribution is -0.126. The lowest BCUT2D eigenvalue weighted by atomic mass is 9.99. The first-order valence-corrected chi connectivity index (χ1v) is 13.4. The molecular weight excluding hydrogens is 482 g/mol. The summed E-state index contributed by atoms with van der Waals surface area (Å²) < 4.78 is 0. The summed E-state index contributed by atoms with van der Waals surface area (Å²) >= 11 is 1.37. The van der Waals surface area contributed by atoms with Gasteiger partial charge in [0.05, 0.1) is 0 Å². The topological polar surface area (TPSA) is 80.7 Å². The Bertz CT molecular complexity index is 1360. The lowest BCUT2D eigenvalue weighted by Crippen LogP contribution is -2.43. The van der Waals surface area contributed by atoms with Crippen LogP contribution in [0, 0.1) is 0 Å². The number of rotatable bonds is 6. The molecular formula is C29H29N5O2S. The molecule has 1 saturated heterocycles. The highest BCUT2D eigenvalue weighted by Gasteiger charge is 2.38. The van der Waals surface area contributed by atoms with E-state index in [9.17, 15) is 9.90 Å². The van der Waals surface area contributed by atoms with Crippen LogP contribution in [0.15, 0.2) is 84.4 Å². The highest BCUT2D eigenvalue weighted by Crippen LogP contribution is 2.40. The van der Waals surface area contributed by atoms with Gasteiger partial charge in [0.15, 0.2) is 5.13 Å². The minimum absolute atomic E-state index is 0.211. The number of carbonyl (C=O) groups is 1. The number of anilines is 2. The molecule has 7 nitrogen and oxygen atoms in total. The van der Waals surface area contributed by atoms with Gasteiger partial charge in [-0.15, -0.1) is 11.3 Å². The number of nitrogens with zero attached hydrogens (tertiary/aromatic N) is 3. The Morgan fingerprint density at radius 2 is 1.78 bits per heavy atom. The molecule has 1 fully saturated rings. The van der Waals surface area contributed by atoms with Crippen molar-refractivity contribution in [3.63, 3.8) is 0 Å². The minimum Gasteiger partial charge on any atom is -0.374 e. The van der Waals surface area contributed by atoms with Crippen molar-refractivity contribution in [1.82, 2.24) is 15.2 Å². The molecule has 0 radical (unpaired) electrons. The number of hydrogen-bond donors (Lipinski definition) is 3. The van der Waals surface area contributed by atoms with Crippen molar-refractivity contribution >= 4 is 28.1 Å². The Balaban J connectivity index is 1.26. The molecule has 37 heavy (non-hydrogen) atoms. The maximum absolute atomic E-state index is 13.4. The second kappa shape index (κ2) is 10.4. The highest BCUT2D eigenvalue weighted by molar-refractivity contribution is 7.13. The predicted octanol–water partition coefficient (Wildman–Crippen LogP) is 4.41. The zero-order chi connectivity index (χ0) is 25.2. The fraction of sp³-hybridized carbons (Fsp3) is 0.241. The quantitative estimate of drug-likeness (QED) is 0.356. The molecule has 2 aliphatic rings. The van der Waals surface area contributed by atoms with Gasteiger partial charge in [0.2, 0.25) is 5.91 Å². The molecule has 0 saturated carbocycles. The van der Waals surface area contributed by atoms with Gasteiger partial charge in [-0.05, 0) is 40.5 Å². The Hall–Kier alpha value is -3.56. The number of thiazole rings is 1. The van der Waals surface area contributed by atoms with E-state index in [0.29, 0.717) is 11.7 Å². The molecule has 1 aromatic heterocycles. The standard InChI is InChI=1S/C29H29N5O2S/c35-27(32-29-31-14-17-37-29)26(21-4-2-1-3-5-21)34-19-23-7-6-22(18-25(23)28(34)36)20-8-10-24(11-9-20)33-15-12-30-13-16-33/h1-11,14,17-18,26,28,30,36H,12-13,15-16,19H2,(H,31,32,35)/t26-,28?/m1/s1. The van der Waals surface area contributed by atoms with Gasteiger partial charge in [0.1, 0.15) is 12.3 Å². The molecule has 6 rings (SSSR count). The summed E-state index contributed by atoms with van der Waals surface area (Å²) in [4.78, 5) is 21.9. The van der Waals surface area contributed by atoms with Gasteiger partial charge in [0, 0.05) is 55.6 Å². The van der Waals surface area contributed by atoms with E-state index in [-0.39, 0.29) is 5.91 Å². The van der Waals surface area contributed by atoms with Gasteiger partial charge in [-0.2, -0.15) is 0 Å². The first-order valence-electron chi connectivity index (χ1n) is 12.6. The molecule has 1 unspecified atom stereocenters. The van der Waals surface area contributed by atoms with Crippen LogP contribution >= 0.6 is 11.3 Å². The molecule has 1 amide bonds. The summed E-state index contributed by atoms with van der Waals surface area (Å²) in [5.41, 5.74) is 6.08. The van der Waals surface area contributed by atoms with Gasteiger partial charge in [-0.1, -0.05) is 54.6 Å². The summed E-state index contributed by atoms with van der Waals surface area (Å²) in [7, 11) is 0. The Morgan fingerprint density at radius 1 is 1.03 bits per heavy atom. The summed E-state index contributed by atoms with van der Waals surface area (Å²) in [5.74, 6) is -0.211. The molecule has 3 heterocycles. The van der Waals surface area contributed by atoms with E-state index in [1.807, 2.05) is 40.6 Å². The van der Waals surface area contributed by atoms with E-state index in [0.717, 1.165) is 54.0 Å². The van der Waals surface area contributed by atoms with Crippen LogP contribution in [0.2, 0.25) is 0 Å². The van der Waals surface area contributed by atoms with Crippen LogP contribution in [0.3, 0.4) is 0 Å². The van der Waals surface area contributed by atoms with E-state index in [1.165, 1.54) is 17.0 Å². The average molecular weight is 512 g/mol. The number of nitrogens with one attached hydrogen (secondary N) is 2. The number of piperazine rings is 1. The molecule has 0 bridgehead atoms. The van der Waals surface area contributed by atoms with Crippen LogP contribution in [0.4, 0.5) is 10.8 Å². The SMILES string of the molecule is O=C(Nc1nccs1)[C@@H](c1ccccc1)N1Cc2ccc(-c3ccc(N4CCNCC4)cc3)cc2C1O. The number of aliphatic hydroxyl groups is 1. The van der Waals surface area contributed by atoms with Gasteiger partial charge < -0.3 is 20.6 Å². The number of carbonyl (C=O) groups excluding carboxylic acids is 1. The number of hydrogen-bond acceptors (Lipinski definition) is 7. The van der Waals surface area contributed by atoms with Gasteiger partial charge >= 0.3 is 0 Å². The molecule has 4 aromatic rings. The molecule has 3 N–H and O–H groups in total. The van der Waals surface area contributed by atoms with Crippen LogP contribution in [-0.4, -0.2) is 47.1 Å². The second-order valence-electron chi connectivity index (χ2n) is 9.38. The normalized spacial score (nSPS) is 18.4. The predicted molar refractivity (Wildman–Crippen MR) is 147 cm³/mol. The van der Waals surface area contributed by atoms with Crippen molar-refractivity contribution < 1.29 is 9.90 Å². The largest absolute Gasteiger partial charge is 0.374 e.